The number of aromatic nitrogens is 2. The van der Waals surface area contributed by atoms with E-state index in [4.69, 9.17) is 10.5 Å². The number of aromatic amines is 1. The third kappa shape index (κ3) is 2.34. The van der Waals surface area contributed by atoms with Crippen molar-refractivity contribution in [3.63, 3.8) is 0 Å². The number of allylic oxidation sites excluding steroid dienone is 1. The molecule has 0 amide bonds. The zero-order chi connectivity index (χ0) is 17.4. The molecule has 1 aliphatic rings. The monoisotopic (exact) mass is 332 g/mol. The highest BCUT2D eigenvalue weighted by Crippen LogP contribution is 2.45. The number of nitrogens with one attached hydrogen (secondary N) is 1. The van der Waals surface area contributed by atoms with Crippen molar-refractivity contribution in [2.45, 2.75) is 5.92 Å². The van der Waals surface area contributed by atoms with E-state index in [1.54, 1.807) is 18.2 Å². The Kier molecular flexibility index (Phi) is 3.47. The lowest BCUT2D eigenvalue weighted by atomic mass is 9.83. The Labute approximate surface area is 143 Å². The fourth-order valence-electron chi connectivity index (χ4n) is 3.09. The van der Waals surface area contributed by atoms with Crippen LogP contribution in [0.2, 0.25) is 0 Å². The summed E-state index contributed by atoms with van der Waals surface area (Å²) in [6.45, 7) is 0. The molecule has 5 nitrogen and oxygen atoms in total. The van der Waals surface area contributed by atoms with Crippen molar-refractivity contribution in [1.82, 2.24) is 10.2 Å². The number of ether oxygens (including phenoxy) is 1. The minimum absolute atomic E-state index is 0.0608. The standard InChI is InChI=1S/C19H13FN4O/c20-14-9-5-4-8-12(14)15-13(10-21)18(22)25-19-16(15)17(23-24-19)11-6-2-1-3-7-11/h1-9,15H,22H2,(H,23,24)/t15-/m1/s1. The Morgan fingerprint density at radius 3 is 2.56 bits per heavy atom. The molecule has 0 fully saturated rings. The van der Waals surface area contributed by atoms with Gasteiger partial charge in [0.15, 0.2) is 0 Å². The molecular formula is C19H13FN4O. The van der Waals surface area contributed by atoms with Crippen molar-refractivity contribution < 1.29 is 9.13 Å². The van der Waals surface area contributed by atoms with Gasteiger partial charge >= 0.3 is 0 Å². The van der Waals surface area contributed by atoms with Gasteiger partial charge in [0.1, 0.15) is 17.5 Å². The molecule has 1 atom stereocenters. The highest BCUT2D eigenvalue weighted by atomic mass is 19.1. The van der Waals surface area contributed by atoms with Crippen LogP contribution in [0, 0.1) is 17.1 Å². The predicted octanol–water partition coefficient (Wildman–Crippen LogP) is 3.43. The van der Waals surface area contributed by atoms with E-state index >= 15 is 0 Å². The van der Waals surface area contributed by atoms with Crippen LogP contribution >= 0.6 is 0 Å². The first-order valence-electron chi connectivity index (χ1n) is 7.66. The quantitative estimate of drug-likeness (QED) is 0.752. The van der Waals surface area contributed by atoms with E-state index in [9.17, 15) is 9.65 Å². The van der Waals surface area contributed by atoms with E-state index in [1.165, 1.54) is 6.07 Å². The number of halogens is 1. The van der Waals surface area contributed by atoms with Gasteiger partial charge in [-0.25, -0.2) is 4.39 Å². The highest BCUT2D eigenvalue weighted by Gasteiger charge is 2.36. The second-order valence-electron chi connectivity index (χ2n) is 5.63. The van der Waals surface area contributed by atoms with Gasteiger partial charge in [-0.05, 0) is 11.6 Å². The molecule has 1 aromatic heterocycles. The molecule has 0 unspecified atom stereocenters. The summed E-state index contributed by atoms with van der Waals surface area (Å²) in [6, 6.07) is 17.9. The first-order chi connectivity index (χ1) is 12.2. The van der Waals surface area contributed by atoms with Crippen LogP contribution in [0.3, 0.4) is 0 Å². The van der Waals surface area contributed by atoms with E-state index in [0.29, 0.717) is 16.8 Å². The summed E-state index contributed by atoms with van der Waals surface area (Å²) >= 11 is 0. The number of nitrogens with two attached hydrogens (primary N) is 1. The van der Waals surface area contributed by atoms with Gasteiger partial charge in [-0.15, -0.1) is 5.10 Å². The molecule has 3 aromatic rings. The normalized spacial score (nSPS) is 16.1. The molecule has 0 bridgehead atoms. The Bertz CT molecular complexity index is 1020. The summed E-state index contributed by atoms with van der Waals surface area (Å²) in [4.78, 5) is 0. The predicted molar refractivity (Wildman–Crippen MR) is 89.7 cm³/mol. The summed E-state index contributed by atoms with van der Waals surface area (Å²) in [5, 5.41) is 16.7. The molecule has 25 heavy (non-hydrogen) atoms. The second kappa shape index (κ2) is 5.80. The zero-order valence-electron chi connectivity index (χ0n) is 13.0. The third-order valence-corrected chi connectivity index (χ3v) is 4.22. The molecule has 122 valence electrons. The molecule has 0 aliphatic carbocycles. The maximum absolute atomic E-state index is 14.5. The largest absolute Gasteiger partial charge is 0.420 e. The number of benzene rings is 2. The van der Waals surface area contributed by atoms with Crippen LogP contribution in [-0.2, 0) is 0 Å². The first-order valence-corrected chi connectivity index (χ1v) is 7.66. The van der Waals surface area contributed by atoms with E-state index in [-0.39, 0.29) is 17.3 Å². The van der Waals surface area contributed by atoms with Gasteiger partial charge in [0.05, 0.1) is 17.2 Å². The van der Waals surface area contributed by atoms with E-state index in [0.717, 1.165) is 5.56 Å². The van der Waals surface area contributed by atoms with Crippen LogP contribution < -0.4 is 10.5 Å². The fourth-order valence-corrected chi connectivity index (χ4v) is 3.09. The van der Waals surface area contributed by atoms with Crippen LogP contribution in [0.4, 0.5) is 4.39 Å². The summed E-state index contributed by atoms with van der Waals surface area (Å²) < 4.78 is 20.0. The number of H-pyrrole nitrogens is 1. The number of nitrogens with zero attached hydrogens (tertiary/aromatic N) is 2. The van der Waals surface area contributed by atoms with Crippen molar-refractivity contribution in [3.05, 3.63) is 83.0 Å². The van der Waals surface area contributed by atoms with Gasteiger partial charge in [-0.2, -0.15) is 5.26 Å². The summed E-state index contributed by atoms with van der Waals surface area (Å²) in [6.07, 6.45) is 0. The first kappa shape index (κ1) is 15.0. The van der Waals surface area contributed by atoms with E-state index < -0.39 is 11.7 Å². The molecule has 6 heteroatoms. The summed E-state index contributed by atoms with van der Waals surface area (Å²) in [5.74, 6) is -0.914. The Balaban J connectivity index is 1.99. The SMILES string of the molecule is N#CC1=C(N)Oc2n[nH]c(-c3ccccc3)c2[C@@H]1c1ccccc1F. The topological polar surface area (TPSA) is 87.7 Å². The molecule has 2 aromatic carbocycles. The second-order valence-corrected chi connectivity index (χ2v) is 5.63. The van der Waals surface area contributed by atoms with Crippen LogP contribution in [0.25, 0.3) is 11.3 Å². The van der Waals surface area contributed by atoms with Crippen LogP contribution in [-0.4, -0.2) is 10.2 Å². The molecule has 0 saturated carbocycles. The number of fused-ring (bicyclic) bond motifs is 1. The molecule has 0 spiro atoms. The van der Waals surface area contributed by atoms with E-state index in [2.05, 4.69) is 16.3 Å². The molecule has 2 heterocycles. The number of hydrogen-bond donors (Lipinski definition) is 2. The van der Waals surface area contributed by atoms with Crippen molar-refractivity contribution >= 4 is 0 Å². The average Bonchev–Trinajstić information content (AvgIpc) is 3.05. The van der Waals surface area contributed by atoms with Crippen LogP contribution in [0.1, 0.15) is 17.0 Å². The lowest BCUT2D eigenvalue weighted by Gasteiger charge is -2.24. The lowest BCUT2D eigenvalue weighted by molar-refractivity contribution is 0.378. The number of hydrogen-bond acceptors (Lipinski definition) is 4. The summed E-state index contributed by atoms with van der Waals surface area (Å²) in [7, 11) is 0. The highest BCUT2D eigenvalue weighted by molar-refractivity contribution is 5.70. The fraction of sp³-hybridized carbons (Fsp3) is 0.0526. The molecular weight excluding hydrogens is 319 g/mol. The molecule has 1 aliphatic heterocycles. The van der Waals surface area contributed by atoms with E-state index in [1.807, 2.05) is 30.3 Å². The number of rotatable bonds is 2. The minimum Gasteiger partial charge on any atom is -0.420 e. The molecule has 4 rings (SSSR count). The van der Waals surface area contributed by atoms with Gasteiger partial charge in [-0.3, -0.25) is 5.10 Å². The number of nitriles is 1. The van der Waals surface area contributed by atoms with Crippen molar-refractivity contribution in [1.29, 1.82) is 5.26 Å². The zero-order valence-corrected chi connectivity index (χ0v) is 13.0. The van der Waals surface area contributed by atoms with Crippen LogP contribution in [0.15, 0.2) is 66.1 Å². The lowest BCUT2D eigenvalue weighted by Crippen LogP contribution is -2.21. The van der Waals surface area contributed by atoms with Crippen molar-refractivity contribution in [3.8, 4) is 23.2 Å². The maximum Gasteiger partial charge on any atom is 0.244 e. The molecule has 3 N–H and O–H groups in total. The van der Waals surface area contributed by atoms with Crippen molar-refractivity contribution in [2.75, 3.05) is 0 Å². The Hall–Kier alpha value is -3.59. The average molecular weight is 332 g/mol. The molecule has 0 saturated heterocycles. The van der Waals surface area contributed by atoms with Gasteiger partial charge in [0.2, 0.25) is 11.8 Å². The third-order valence-electron chi connectivity index (χ3n) is 4.22. The van der Waals surface area contributed by atoms with Gasteiger partial charge < -0.3 is 10.5 Å². The van der Waals surface area contributed by atoms with Crippen LogP contribution in [0.5, 0.6) is 5.88 Å². The summed E-state index contributed by atoms with van der Waals surface area (Å²) in [5.41, 5.74) is 8.53. The van der Waals surface area contributed by atoms with Gasteiger partial charge in [0, 0.05) is 5.56 Å². The minimum atomic E-state index is -0.691. The van der Waals surface area contributed by atoms with Gasteiger partial charge in [0.25, 0.3) is 0 Å². The van der Waals surface area contributed by atoms with Crippen molar-refractivity contribution in [2.24, 2.45) is 5.73 Å². The maximum atomic E-state index is 14.5. The molecule has 0 radical (unpaired) electrons. The van der Waals surface area contributed by atoms with Gasteiger partial charge in [-0.1, -0.05) is 48.5 Å². The Morgan fingerprint density at radius 1 is 1.12 bits per heavy atom. The Morgan fingerprint density at radius 2 is 1.84 bits per heavy atom. The smallest absolute Gasteiger partial charge is 0.244 e.